The van der Waals surface area contributed by atoms with E-state index < -0.39 is 18.6 Å². The number of aromatic hydroxyl groups is 1. The molecule has 2 rings (SSSR count). The van der Waals surface area contributed by atoms with Crippen molar-refractivity contribution in [1.29, 1.82) is 0 Å². The molecule has 78 valence electrons. The summed E-state index contributed by atoms with van der Waals surface area (Å²) in [4.78, 5) is 19.8. The van der Waals surface area contributed by atoms with E-state index in [1.54, 1.807) is 24.3 Å². The van der Waals surface area contributed by atoms with E-state index in [4.69, 9.17) is 4.89 Å². The summed E-state index contributed by atoms with van der Waals surface area (Å²) in [6.07, 6.45) is 0. The maximum Gasteiger partial charge on any atom is 0.166 e. The number of fused-ring (bicyclic) bond motifs is 1. The zero-order valence-electron chi connectivity index (χ0n) is 7.62. The molecule has 0 heterocycles. The van der Waals surface area contributed by atoms with Gasteiger partial charge < -0.3 is 19.5 Å². The van der Waals surface area contributed by atoms with Gasteiger partial charge in [0.25, 0.3) is 0 Å². The third-order valence-corrected chi connectivity index (χ3v) is 3.15. The zero-order valence-corrected chi connectivity index (χ0v) is 8.52. The largest absolute Gasteiger partial charge is 0.775 e. The van der Waals surface area contributed by atoms with Crippen LogP contribution in [0.1, 0.15) is 0 Å². The van der Waals surface area contributed by atoms with Gasteiger partial charge in [-0.25, -0.2) is 0 Å². The fourth-order valence-corrected chi connectivity index (χ4v) is 2.12. The molecule has 1 unspecified atom stereocenters. The number of phenols is 1. The van der Waals surface area contributed by atoms with Crippen LogP contribution in [0.25, 0.3) is 10.8 Å². The molecule has 4 nitrogen and oxygen atoms in total. The lowest BCUT2D eigenvalue weighted by Gasteiger charge is -2.18. The number of hydrogen-bond acceptors (Lipinski definition) is 3. The van der Waals surface area contributed by atoms with E-state index in [2.05, 4.69) is 0 Å². The molecule has 0 bridgehead atoms. The molecule has 15 heavy (non-hydrogen) atoms. The minimum Gasteiger partial charge on any atom is -0.775 e. The Kier molecular flexibility index (Phi) is 2.27. The van der Waals surface area contributed by atoms with Crippen LogP contribution in [0.2, 0.25) is 0 Å². The summed E-state index contributed by atoms with van der Waals surface area (Å²) >= 11 is 0. The maximum atomic E-state index is 10.9. The van der Waals surface area contributed by atoms with E-state index >= 15 is 0 Å². The normalized spacial score (nSPS) is 15.1. The number of benzene rings is 2. The predicted molar refractivity (Wildman–Crippen MR) is 55.1 cm³/mol. The van der Waals surface area contributed by atoms with E-state index in [1.807, 2.05) is 0 Å². The second kappa shape index (κ2) is 3.35. The molecule has 0 amide bonds. The van der Waals surface area contributed by atoms with Crippen LogP contribution in [-0.4, -0.2) is 10.00 Å². The average Bonchev–Trinajstić information content (AvgIpc) is 2.16. The van der Waals surface area contributed by atoms with Gasteiger partial charge in [0.2, 0.25) is 0 Å². The molecule has 2 aromatic carbocycles. The Labute approximate surface area is 86.0 Å². The molecular formula is C10H8O4P-. The highest BCUT2D eigenvalue weighted by atomic mass is 31.2. The molecule has 2 N–H and O–H groups in total. The molecule has 1 atom stereocenters. The second-order valence-electron chi connectivity index (χ2n) is 3.17. The fraction of sp³-hybridized carbons (Fsp3) is 0. The van der Waals surface area contributed by atoms with Crippen molar-refractivity contribution >= 4 is 23.7 Å². The van der Waals surface area contributed by atoms with E-state index in [0.29, 0.717) is 10.8 Å². The quantitative estimate of drug-likeness (QED) is 0.698. The summed E-state index contributed by atoms with van der Waals surface area (Å²) < 4.78 is 10.9. The third kappa shape index (κ3) is 1.75. The van der Waals surface area contributed by atoms with Crippen LogP contribution in [0, 0.1) is 0 Å². The van der Waals surface area contributed by atoms with E-state index in [0.717, 1.165) is 0 Å². The van der Waals surface area contributed by atoms with Gasteiger partial charge in [-0.15, -0.1) is 0 Å². The molecule has 0 aliphatic heterocycles. The third-order valence-electron chi connectivity index (χ3n) is 2.18. The summed E-state index contributed by atoms with van der Waals surface area (Å²) in [5, 5.41) is 10.3. The Morgan fingerprint density at radius 2 is 1.80 bits per heavy atom. The first kappa shape index (κ1) is 10.2. The van der Waals surface area contributed by atoms with Gasteiger partial charge in [0, 0.05) is 5.39 Å². The molecule has 0 saturated carbocycles. The van der Waals surface area contributed by atoms with Crippen LogP contribution in [-0.2, 0) is 4.57 Å². The molecule has 0 saturated heterocycles. The minimum atomic E-state index is -4.66. The number of hydrogen-bond donors (Lipinski definition) is 2. The molecule has 0 aliphatic carbocycles. The molecule has 5 heteroatoms. The van der Waals surface area contributed by atoms with Gasteiger partial charge in [0.05, 0.1) is 5.30 Å². The van der Waals surface area contributed by atoms with Crippen molar-refractivity contribution in [2.75, 3.05) is 0 Å². The summed E-state index contributed by atoms with van der Waals surface area (Å²) in [6.45, 7) is 0. The smallest absolute Gasteiger partial charge is 0.166 e. The topological polar surface area (TPSA) is 80.6 Å². The standard InChI is InChI=1S/C10H9O4P/c11-10-8-4-2-1-3-7(8)5-6-9(10)15(12,13)14/h1-6,11H,(H2,12,13,14)/p-1. The van der Waals surface area contributed by atoms with Gasteiger partial charge in [-0.05, 0) is 11.5 Å². The van der Waals surface area contributed by atoms with Crippen LogP contribution in [0.5, 0.6) is 5.75 Å². The lowest BCUT2D eigenvalue weighted by atomic mass is 10.1. The van der Waals surface area contributed by atoms with Crippen molar-refractivity contribution in [3.63, 3.8) is 0 Å². The van der Waals surface area contributed by atoms with Gasteiger partial charge in [-0.1, -0.05) is 30.3 Å². The van der Waals surface area contributed by atoms with Crippen LogP contribution >= 0.6 is 7.60 Å². The predicted octanol–water partition coefficient (Wildman–Crippen LogP) is 0.716. The lowest BCUT2D eigenvalue weighted by molar-refractivity contribution is -0.188. The van der Waals surface area contributed by atoms with Gasteiger partial charge in [-0.2, -0.15) is 0 Å². The minimum absolute atomic E-state index is 0.403. The average molecular weight is 223 g/mol. The molecule has 0 aliphatic rings. The highest BCUT2D eigenvalue weighted by Gasteiger charge is 2.14. The fourth-order valence-electron chi connectivity index (χ4n) is 1.47. The van der Waals surface area contributed by atoms with Crippen molar-refractivity contribution in [2.45, 2.75) is 0 Å². The SMILES string of the molecule is O=P([O-])(O)c1ccc2ccccc2c1O. The van der Waals surface area contributed by atoms with Crippen LogP contribution in [0.3, 0.4) is 0 Å². The molecule has 0 radical (unpaired) electrons. The highest BCUT2D eigenvalue weighted by molar-refractivity contribution is 7.59. The summed E-state index contributed by atoms with van der Waals surface area (Å²) in [5.74, 6) is -0.408. The van der Waals surface area contributed by atoms with E-state index in [9.17, 15) is 14.6 Å². The van der Waals surface area contributed by atoms with Crippen molar-refractivity contribution < 1.29 is 19.5 Å². The summed E-state index contributed by atoms with van der Waals surface area (Å²) in [5.41, 5.74) is 0. The number of rotatable bonds is 1. The van der Waals surface area contributed by atoms with Crippen LogP contribution in [0.15, 0.2) is 36.4 Å². The van der Waals surface area contributed by atoms with Crippen LogP contribution < -0.4 is 10.2 Å². The Morgan fingerprint density at radius 1 is 1.13 bits per heavy atom. The summed E-state index contributed by atoms with van der Waals surface area (Å²) in [7, 11) is -4.66. The molecule has 0 fully saturated rings. The first-order valence-corrected chi connectivity index (χ1v) is 5.83. The summed E-state index contributed by atoms with van der Waals surface area (Å²) in [6, 6.07) is 9.50. The van der Waals surface area contributed by atoms with E-state index in [-0.39, 0.29) is 0 Å². The Morgan fingerprint density at radius 3 is 2.47 bits per heavy atom. The number of phenolic OH excluding ortho intramolecular Hbond substituents is 1. The first-order chi connectivity index (χ1) is 7.00. The maximum absolute atomic E-state index is 10.9. The van der Waals surface area contributed by atoms with Crippen molar-refractivity contribution in [3.8, 4) is 5.75 Å². The molecular weight excluding hydrogens is 215 g/mol. The highest BCUT2D eigenvalue weighted by Crippen LogP contribution is 2.35. The monoisotopic (exact) mass is 223 g/mol. The van der Waals surface area contributed by atoms with Crippen molar-refractivity contribution in [2.24, 2.45) is 0 Å². The molecule has 0 spiro atoms. The zero-order chi connectivity index (χ0) is 11.1. The first-order valence-electron chi connectivity index (χ1n) is 4.25. The Balaban J connectivity index is 2.82. The van der Waals surface area contributed by atoms with Gasteiger partial charge in [-0.3, -0.25) is 0 Å². The van der Waals surface area contributed by atoms with Gasteiger partial charge in [0.1, 0.15) is 5.75 Å². The van der Waals surface area contributed by atoms with Crippen molar-refractivity contribution in [1.82, 2.24) is 0 Å². The Bertz CT molecular complexity index is 558. The van der Waals surface area contributed by atoms with Gasteiger partial charge >= 0.3 is 0 Å². The van der Waals surface area contributed by atoms with E-state index in [1.165, 1.54) is 12.1 Å². The Hall–Kier alpha value is -1.35. The molecule has 2 aromatic rings. The second-order valence-corrected chi connectivity index (χ2v) is 4.70. The molecule has 0 aromatic heterocycles. The van der Waals surface area contributed by atoms with Crippen molar-refractivity contribution in [3.05, 3.63) is 36.4 Å². The van der Waals surface area contributed by atoms with Crippen LogP contribution in [0.4, 0.5) is 0 Å². The van der Waals surface area contributed by atoms with Gasteiger partial charge in [0.15, 0.2) is 7.60 Å². The lowest BCUT2D eigenvalue weighted by Crippen LogP contribution is -2.14.